The third-order valence-corrected chi connectivity index (χ3v) is 9.52. The average molecular weight is 622 g/mol. The fourth-order valence-electron chi connectivity index (χ4n) is 6.09. The molecule has 3 N–H and O–H groups in total. The molecule has 1 aliphatic carbocycles. The zero-order valence-corrected chi connectivity index (χ0v) is 25.4. The van der Waals surface area contributed by atoms with Gasteiger partial charge < -0.3 is 20.5 Å². The number of aromatic nitrogens is 1. The number of alkyl halides is 3. The highest BCUT2D eigenvalue weighted by Crippen LogP contribution is 2.53. The average Bonchev–Trinajstić information content (AvgIpc) is 2.97. The highest BCUT2D eigenvalue weighted by molar-refractivity contribution is 5.98. The number of pyridine rings is 1. The number of rotatable bonds is 14. The van der Waals surface area contributed by atoms with E-state index in [2.05, 4.69) is 4.98 Å². The molecule has 0 radical (unpaired) electrons. The predicted octanol–water partition coefficient (Wildman–Crippen LogP) is 6.18. The molecule has 0 unspecified atom stereocenters. The Morgan fingerprint density at radius 1 is 1.14 bits per heavy atom. The Morgan fingerprint density at radius 3 is 2.39 bits per heavy atom. The van der Waals surface area contributed by atoms with Gasteiger partial charge in [-0.05, 0) is 69.7 Å². The summed E-state index contributed by atoms with van der Waals surface area (Å²) < 4.78 is 61.5. The topological polar surface area (TPSA) is 106 Å². The number of primary amides is 1. The summed E-state index contributed by atoms with van der Waals surface area (Å²) in [6, 6.07) is 7.70. The number of carbonyl (C=O) groups excluding carboxylic acids is 2. The monoisotopic (exact) mass is 621 g/mol. The molecule has 242 valence electrons. The van der Waals surface area contributed by atoms with Gasteiger partial charge in [-0.1, -0.05) is 38.8 Å². The van der Waals surface area contributed by atoms with Crippen LogP contribution in [0.25, 0.3) is 11.1 Å². The Balaban J connectivity index is 1.23. The van der Waals surface area contributed by atoms with Gasteiger partial charge in [-0.3, -0.25) is 9.59 Å². The number of benzene rings is 1. The summed E-state index contributed by atoms with van der Waals surface area (Å²) in [6.07, 6.45) is 0.444. The van der Waals surface area contributed by atoms with E-state index in [1.165, 1.54) is 12.3 Å². The van der Waals surface area contributed by atoms with Crippen molar-refractivity contribution < 1.29 is 37.0 Å². The first-order chi connectivity index (χ1) is 20.8. The number of ether oxygens (including phenoxy) is 1. The van der Waals surface area contributed by atoms with Crippen molar-refractivity contribution in [2.24, 2.45) is 28.9 Å². The van der Waals surface area contributed by atoms with Crippen LogP contribution in [-0.4, -0.2) is 65.2 Å². The minimum Gasteiger partial charge on any atom is -0.477 e. The van der Waals surface area contributed by atoms with Crippen molar-refractivity contribution in [2.45, 2.75) is 77.5 Å². The van der Waals surface area contributed by atoms with Crippen LogP contribution < -0.4 is 10.5 Å². The van der Waals surface area contributed by atoms with Crippen LogP contribution >= 0.6 is 0 Å². The zero-order valence-electron chi connectivity index (χ0n) is 25.4. The van der Waals surface area contributed by atoms with Gasteiger partial charge in [0, 0.05) is 41.4 Å². The van der Waals surface area contributed by atoms with E-state index in [-0.39, 0.29) is 42.6 Å². The lowest BCUT2D eigenvalue weighted by molar-refractivity contribution is -0.256. The summed E-state index contributed by atoms with van der Waals surface area (Å²) in [5.41, 5.74) is 4.77. The van der Waals surface area contributed by atoms with Gasteiger partial charge in [0.1, 0.15) is 5.82 Å². The maximum absolute atomic E-state index is 15.0. The third kappa shape index (κ3) is 8.15. The number of aliphatic hydroxyl groups excluding tert-OH is 1. The number of halogens is 4. The van der Waals surface area contributed by atoms with E-state index in [0.717, 1.165) is 12.8 Å². The lowest BCUT2D eigenvalue weighted by Crippen LogP contribution is -2.53. The van der Waals surface area contributed by atoms with Crippen LogP contribution in [0.15, 0.2) is 36.5 Å². The Labute approximate surface area is 256 Å². The van der Waals surface area contributed by atoms with E-state index in [9.17, 15) is 27.9 Å². The predicted molar refractivity (Wildman–Crippen MR) is 158 cm³/mol. The van der Waals surface area contributed by atoms with E-state index < -0.39 is 35.3 Å². The van der Waals surface area contributed by atoms with Crippen LogP contribution in [0.4, 0.5) is 17.6 Å². The molecule has 11 heteroatoms. The summed E-state index contributed by atoms with van der Waals surface area (Å²) in [4.78, 5) is 30.3. The molecule has 1 amide bonds. The van der Waals surface area contributed by atoms with Crippen LogP contribution in [0.5, 0.6) is 5.88 Å². The number of aliphatic hydroxyl groups is 1. The SMILES string of the molecule is C[C@H](C(N)=O)[C@@H](O)CCC[C@H](C)C(=O)c1ccc(-c2ccc(OCC3CCN(CC4(C(F)(F)F)CCC4)CC3)nc2)c(F)c1. The standard InChI is InChI=1S/C33H43F4N3O4/c1-21(5-3-6-28(41)22(2)31(38)43)30(42)24-7-9-26(27(34)17-24)25-8-10-29(39-18-25)44-19-23-11-15-40(16-12-23)20-32(13-4-14-32)33(35,36)37/h7-10,17-18,21-23,28,41H,3-6,11-16,19-20H2,1-2H3,(H2,38,43)/t21-,22-,28-/m0/s1. The normalized spacial score (nSPS) is 19.5. The number of nitrogens with two attached hydrogens (primary N) is 1. The molecule has 1 saturated heterocycles. The molecule has 44 heavy (non-hydrogen) atoms. The zero-order chi connectivity index (χ0) is 32.1. The van der Waals surface area contributed by atoms with Crippen LogP contribution in [-0.2, 0) is 4.79 Å². The Morgan fingerprint density at radius 2 is 1.84 bits per heavy atom. The Bertz CT molecular complexity index is 1270. The Kier molecular flexibility index (Phi) is 11.0. The van der Waals surface area contributed by atoms with E-state index >= 15 is 4.39 Å². The summed E-state index contributed by atoms with van der Waals surface area (Å²) in [5.74, 6) is -1.77. The van der Waals surface area contributed by atoms with Gasteiger partial charge >= 0.3 is 6.18 Å². The first-order valence-electron chi connectivity index (χ1n) is 15.5. The van der Waals surface area contributed by atoms with Crippen LogP contribution in [0.2, 0.25) is 0 Å². The van der Waals surface area contributed by atoms with Crippen LogP contribution in [0.3, 0.4) is 0 Å². The molecule has 1 saturated carbocycles. The fraction of sp³-hybridized carbons (Fsp3) is 0.606. The molecular formula is C33H43F4N3O4. The molecule has 2 fully saturated rings. The van der Waals surface area contributed by atoms with Crippen molar-refractivity contribution in [2.75, 3.05) is 26.2 Å². The molecule has 1 aromatic carbocycles. The minimum atomic E-state index is -4.15. The lowest BCUT2D eigenvalue weighted by atomic mass is 9.67. The second kappa shape index (κ2) is 14.4. The third-order valence-electron chi connectivity index (χ3n) is 9.52. The molecule has 2 heterocycles. The smallest absolute Gasteiger partial charge is 0.395 e. The number of nitrogens with zero attached hydrogens (tertiary/aromatic N) is 2. The molecule has 1 aromatic heterocycles. The summed E-state index contributed by atoms with van der Waals surface area (Å²) in [5, 5.41) is 10.0. The fourth-order valence-corrected chi connectivity index (χ4v) is 6.09. The highest BCUT2D eigenvalue weighted by Gasteiger charge is 2.58. The molecule has 3 atom stereocenters. The van der Waals surface area contributed by atoms with Gasteiger partial charge in [0.15, 0.2) is 5.78 Å². The molecular weight excluding hydrogens is 578 g/mol. The van der Waals surface area contributed by atoms with Gasteiger partial charge in [-0.15, -0.1) is 0 Å². The van der Waals surface area contributed by atoms with Crippen LogP contribution in [0, 0.1) is 29.0 Å². The minimum absolute atomic E-state index is 0.0852. The number of piperidine rings is 1. The van der Waals surface area contributed by atoms with Gasteiger partial charge in [-0.2, -0.15) is 13.2 Å². The van der Waals surface area contributed by atoms with E-state index in [0.29, 0.717) is 62.4 Å². The van der Waals surface area contributed by atoms with E-state index in [1.54, 1.807) is 38.1 Å². The van der Waals surface area contributed by atoms with Crippen molar-refractivity contribution in [1.29, 1.82) is 0 Å². The molecule has 2 aliphatic rings. The summed E-state index contributed by atoms with van der Waals surface area (Å²) in [6.45, 7) is 5.05. The molecule has 2 aromatic rings. The van der Waals surface area contributed by atoms with Crippen LogP contribution in [0.1, 0.15) is 75.6 Å². The maximum Gasteiger partial charge on any atom is 0.395 e. The largest absolute Gasteiger partial charge is 0.477 e. The first-order valence-corrected chi connectivity index (χ1v) is 15.5. The molecule has 4 rings (SSSR count). The van der Waals surface area contributed by atoms with E-state index in [1.807, 2.05) is 4.90 Å². The second-order valence-electron chi connectivity index (χ2n) is 12.7. The number of Topliss-reactive ketones (excluding diaryl/α,β-unsaturated/α-hetero) is 1. The number of hydrogen-bond acceptors (Lipinski definition) is 6. The number of carbonyl (C=O) groups is 2. The van der Waals surface area contributed by atoms with Crippen molar-refractivity contribution >= 4 is 11.7 Å². The lowest BCUT2D eigenvalue weighted by Gasteiger charge is -2.47. The first kappa shape index (κ1) is 33.8. The van der Waals surface area contributed by atoms with Gasteiger partial charge in [0.25, 0.3) is 0 Å². The van der Waals surface area contributed by atoms with Crippen molar-refractivity contribution in [3.63, 3.8) is 0 Å². The molecule has 0 bridgehead atoms. The van der Waals surface area contributed by atoms with Gasteiger partial charge in [0.05, 0.1) is 24.0 Å². The quantitative estimate of drug-likeness (QED) is 0.193. The summed E-state index contributed by atoms with van der Waals surface area (Å²) in [7, 11) is 0. The van der Waals surface area contributed by atoms with Crippen molar-refractivity contribution in [3.05, 3.63) is 47.9 Å². The van der Waals surface area contributed by atoms with Crippen molar-refractivity contribution in [1.82, 2.24) is 9.88 Å². The number of hydrogen-bond donors (Lipinski definition) is 2. The van der Waals surface area contributed by atoms with E-state index in [4.69, 9.17) is 10.5 Å². The number of ketones is 1. The maximum atomic E-state index is 15.0. The van der Waals surface area contributed by atoms with Gasteiger partial charge in [0.2, 0.25) is 11.8 Å². The second-order valence-corrected chi connectivity index (χ2v) is 12.7. The van der Waals surface area contributed by atoms with Gasteiger partial charge in [-0.25, -0.2) is 9.37 Å². The number of amides is 1. The molecule has 1 aliphatic heterocycles. The number of likely N-dealkylation sites (tertiary alicyclic amines) is 1. The molecule has 0 spiro atoms. The Hall–Kier alpha value is -3.05. The molecule has 7 nitrogen and oxygen atoms in total. The summed E-state index contributed by atoms with van der Waals surface area (Å²) >= 11 is 0. The van der Waals surface area contributed by atoms with Crippen molar-refractivity contribution in [3.8, 4) is 17.0 Å². The highest BCUT2D eigenvalue weighted by atomic mass is 19.4.